The lowest BCUT2D eigenvalue weighted by atomic mass is 9.87. The lowest BCUT2D eigenvalue weighted by Crippen LogP contribution is -2.48. The summed E-state index contributed by atoms with van der Waals surface area (Å²) in [5.41, 5.74) is 1.42. The van der Waals surface area contributed by atoms with Crippen molar-refractivity contribution in [1.29, 1.82) is 0 Å². The van der Waals surface area contributed by atoms with Crippen LogP contribution in [0.5, 0.6) is 23.0 Å². The van der Waals surface area contributed by atoms with E-state index in [1.165, 1.54) is 46.5 Å². The minimum Gasteiger partial charge on any atom is -0.493 e. The van der Waals surface area contributed by atoms with E-state index in [1.54, 1.807) is 12.1 Å². The maximum Gasteiger partial charge on any atom is 0.311 e. The lowest BCUT2D eigenvalue weighted by molar-refractivity contribution is -0.200. The molecule has 2 aromatic carbocycles. The van der Waals surface area contributed by atoms with Crippen molar-refractivity contribution in [2.75, 3.05) is 28.4 Å². The SMILES string of the molecule is COc1c(COC(=O)C2CC(C)(C)N(O)C2(C)C)c2c(c(OC)c1OC)-c1ccc(OC)c(=O)cc1[C@@H](NC(C)=O)CC2. The predicted octanol–water partition coefficient (Wildman–Crippen LogP) is 4.18. The van der Waals surface area contributed by atoms with E-state index in [2.05, 4.69) is 5.32 Å². The second-order valence-corrected chi connectivity index (χ2v) is 12.1. The van der Waals surface area contributed by atoms with E-state index in [9.17, 15) is 19.6 Å². The van der Waals surface area contributed by atoms with Crippen molar-refractivity contribution in [3.8, 4) is 34.1 Å². The number of carbonyl (C=O) groups is 2. The van der Waals surface area contributed by atoms with Gasteiger partial charge in [-0.05, 0) is 75.8 Å². The summed E-state index contributed by atoms with van der Waals surface area (Å²) in [6.45, 7) is 8.67. The van der Waals surface area contributed by atoms with Crippen LogP contribution in [0.25, 0.3) is 11.1 Å². The normalized spacial score (nSPS) is 20.2. The molecule has 43 heavy (non-hydrogen) atoms. The van der Waals surface area contributed by atoms with E-state index < -0.39 is 29.0 Å². The Balaban J connectivity index is 1.92. The van der Waals surface area contributed by atoms with Crippen LogP contribution in [0.1, 0.15) is 70.2 Å². The molecule has 1 aliphatic carbocycles. The Morgan fingerprint density at radius 3 is 2.19 bits per heavy atom. The Labute approximate surface area is 252 Å². The smallest absolute Gasteiger partial charge is 0.311 e. The van der Waals surface area contributed by atoms with E-state index in [0.717, 1.165) is 5.56 Å². The molecular weight excluding hydrogens is 556 g/mol. The predicted molar refractivity (Wildman–Crippen MR) is 159 cm³/mol. The number of fused-ring (bicyclic) bond motifs is 3. The second-order valence-electron chi connectivity index (χ2n) is 12.1. The van der Waals surface area contributed by atoms with Gasteiger partial charge in [-0.3, -0.25) is 14.4 Å². The number of nitrogens with one attached hydrogen (secondary N) is 1. The fourth-order valence-corrected chi connectivity index (χ4v) is 6.62. The van der Waals surface area contributed by atoms with E-state index in [1.807, 2.05) is 27.7 Å². The van der Waals surface area contributed by atoms with Crippen LogP contribution in [-0.4, -0.2) is 61.7 Å². The molecular formula is C32H42N2O9. The van der Waals surface area contributed by atoms with Crippen LogP contribution >= 0.6 is 0 Å². The molecule has 1 fully saturated rings. The first kappa shape index (κ1) is 32.1. The molecule has 0 spiro atoms. The third kappa shape index (κ3) is 5.63. The van der Waals surface area contributed by atoms with E-state index >= 15 is 0 Å². The fraction of sp³-hybridized carbons (Fsp3) is 0.531. The number of amides is 1. The number of carbonyl (C=O) groups excluding carboxylic acids is 2. The lowest BCUT2D eigenvalue weighted by Gasteiger charge is -2.35. The van der Waals surface area contributed by atoms with Gasteiger partial charge < -0.3 is 34.2 Å². The molecule has 1 amide bonds. The van der Waals surface area contributed by atoms with Crippen LogP contribution in [0.4, 0.5) is 0 Å². The van der Waals surface area contributed by atoms with Gasteiger partial charge in [0, 0.05) is 23.6 Å². The van der Waals surface area contributed by atoms with Gasteiger partial charge >= 0.3 is 5.97 Å². The summed E-state index contributed by atoms with van der Waals surface area (Å²) < 4.78 is 28.8. The highest BCUT2D eigenvalue weighted by molar-refractivity contribution is 5.85. The van der Waals surface area contributed by atoms with Gasteiger partial charge in [-0.2, -0.15) is 5.06 Å². The number of hydrogen-bond acceptors (Lipinski definition) is 10. The summed E-state index contributed by atoms with van der Waals surface area (Å²) in [7, 11) is 5.93. The van der Waals surface area contributed by atoms with E-state index in [0.29, 0.717) is 58.8 Å². The standard InChI is InChI=1S/C32H42N2O9/c1-17(35)33-23-12-10-19-21(16-43-30(37)22-15-31(2,3)34(38)32(22,4)5)27(40-7)29(42-9)28(41-8)26(19)18-11-13-25(39-6)24(36)14-20(18)23/h11,13-14,22-23,38H,10,12,15-16H2,1-9H3,(H,33,35)/t22?,23-/m0/s1. The molecule has 1 unspecified atom stereocenters. The Hall–Kier alpha value is -3.83. The molecule has 0 saturated carbocycles. The zero-order chi connectivity index (χ0) is 31.9. The third-order valence-corrected chi connectivity index (χ3v) is 8.68. The van der Waals surface area contributed by atoms with Crippen LogP contribution in [0.3, 0.4) is 0 Å². The zero-order valence-corrected chi connectivity index (χ0v) is 26.4. The summed E-state index contributed by atoms with van der Waals surface area (Å²) in [6.07, 6.45) is 1.28. The number of hydroxylamine groups is 2. The van der Waals surface area contributed by atoms with Gasteiger partial charge in [0.2, 0.25) is 17.1 Å². The van der Waals surface area contributed by atoms with Crippen molar-refractivity contribution in [3.63, 3.8) is 0 Å². The zero-order valence-electron chi connectivity index (χ0n) is 26.4. The van der Waals surface area contributed by atoms with Crippen molar-refractivity contribution in [2.24, 2.45) is 5.92 Å². The van der Waals surface area contributed by atoms with Crippen molar-refractivity contribution < 1.29 is 38.5 Å². The van der Waals surface area contributed by atoms with Crippen LogP contribution < -0.4 is 29.7 Å². The molecule has 2 N–H and O–H groups in total. The summed E-state index contributed by atoms with van der Waals surface area (Å²) in [4.78, 5) is 38.9. The Kier molecular flexibility index (Phi) is 8.99. The highest BCUT2D eigenvalue weighted by atomic mass is 16.5. The first-order valence-corrected chi connectivity index (χ1v) is 14.2. The van der Waals surface area contributed by atoms with E-state index in [-0.39, 0.29) is 23.7 Å². The molecule has 234 valence electrons. The van der Waals surface area contributed by atoms with Crippen molar-refractivity contribution >= 4 is 11.9 Å². The van der Waals surface area contributed by atoms with Crippen molar-refractivity contribution in [3.05, 3.63) is 45.1 Å². The average molecular weight is 599 g/mol. The van der Waals surface area contributed by atoms with Gasteiger partial charge in [0.25, 0.3) is 0 Å². The molecule has 1 heterocycles. The Morgan fingerprint density at radius 2 is 1.65 bits per heavy atom. The molecule has 11 heteroatoms. The van der Waals surface area contributed by atoms with Crippen LogP contribution in [0.2, 0.25) is 0 Å². The maximum absolute atomic E-state index is 13.5. The number of rotatable bonds is 8. The number of methoxy groups -OCH3 is 4. The highest BCUT2D eigenvalue weighted by Crippen LogP contribution is 2.53. The average Bonchev–Trinajstić information content (AvgIpc) is 3.10. The molecule has 2 aromatic rings. The van der Waals surface area contributed by atoms with Crippen molar-refractivity contribution in [1.82, 2.24) is 10.4 Å². The summed E-state index contributed by atoms with van der Waals surface area (Å²) in [6, 6.07) is 4.32. The molecule has 11 nitrogen and oxygen atoms in total. The Bertz CT molecular complexity index is 1480. The van der Waals surface area contributed by atoms with Crippen LogP contribution in [0, 0.1) is 5.92 Å². The molecule has 2 aliphatic rings. The van der Waals surface area contributed by atoms with Crippen LogP contribution in [0.15, 0.2) is 23.0 Å². The Morgan fingerprint density at radius 1 is 1.00 bits per heavy atom. The topological polar surface area (TPSA) is 133 Å². The maximum atomic E-state index is 13.5. The quantitative estimate of drug-likeness (QED) is 0.427. The summed E-state index contributed by atoms with van der Waals surface area (Å²) in [5, 5.41) is 15.0. The molecule has 1 saturated heterocycles. The van der Waals surface area contributed by atoms with Gasteiger partial charge in [0.1, 0.15) is 6.61 Å². The first-order valence-electron chi connectivity index (χ1n) is 14.2. The largest absolute Gasteiger partial charge is 0.493 e. The van der Waals surface area contributed by atoms with E-state index in [4.69, 9.17) is 23.7 Å². The number of ether oxygens (including phenoxy) is 5. The van der Waals surface area contributed by atoms with Gasteiger partial charge in [-0.1, -0.05) is 6.07 Å². The van der Waals surface area contributed by atoms with Gasteiger partial charge in [-0.15, -0.1) is 0 Å². The second kappa shape index (κ2) is 12.0. The number of nitrogens with zero attached hydrogens (tertiary/aromatic N) is 1. The third-order valence-electron chi connectivity index (χ3n) is 8.68. The summed E-state index contributed by atoms with van der Waals surface area (Å²) >= 11 is 0. The summed E-state index contributed by atoms with van der Waals surface area (Å²) in [5.74, 6) is -0.108. The highest BCUT2D eigenvalue weighted by Gasteiger charge is 2.55. The number of benzene rings is 1. The first-order chi connectivity index (χ1) is 20.2. The molecule has 2 atom stereocenters. The molecule has 0 aromatic heterocycles. The molecule has 0 bridgehead atoms. The molecule has 0 radical (unpaired) electrons. The van der Waals surface area contributed by atoms with Gasteiger partial charge in [0.05, 0.1) is 45.9 Å². The molecule has 1 aliphatic heterocycles. The molecule has 4 rings (SSSR count). The minimum atomic E-state index is -0.840. The minimum absolute atomic E-state index is 0.141. The van der Waals surface area contributed by atoms with Gasteiger partial charge in [-0.25, -0.2) is 0 Å². The van der Waals surface area contributed by atoms with Gasteiger partial charge in [0.15, 0.2) is 17.2 Å². The van der Waals surface area contributed by atoms with Crippen LogP contribution in [-0.2, 0) is 27.4 Å². The van der Waals surface area contributed by atoms with Crippen molar-refractivity contribution in [2.45, 2.75) is 77.6 Å². The monoisotopic (exact) mass is 598 g/mol. The number of esters is 1. The fourth-order valence-electron chi connectivity index (χ4n) is 6.62. The number of hydrogen-bond donors (Lipinski definition) is 2.